The molecule has 25 heavy (non-hydrogen) atoms. The van der Waals surface area contributed by atoms with E-state index in [-0.39, 0.29) is 25.4 Å². The van der Waals surface area contributed by atoms with Gasteiger partial charge in [-0.1, -0.05) is 42.5 Å². The van der Waals surface area contributed by atoms with Crippen molar-refractivity contribution in [2.75, 3.05) is 0 Å². The Kier molecular flexibility index (Phi) is 4.92. The van der Waals surface area contributed by atoms with E-state index in [0.717, 1.165) is 5.56 Å². The van der Waals surface area contributed by atoms with Gasteiger partial charge in [0.05, 0.1) is 13.1 Å². The number of rotatable bonds is 5. The predicted octanol–water partition coefficient (Wildman–Crippen LogP) is 1.88. The molecule has 0 saturated heterocycles. The monoisotopic (exact) mass is 340 g/mol. The summed E-state index contributed by atoms with van der Waals surface area (Å²) in [6.07, 6.45) is 4.71. The molecule has 7 heteroatoms. The molecule has 0 spiro atoms. The first-order valence-electron chi connectivity index (χ1n) is 8.19. The molecule has 2 heterocycles. The molecule has 0 bridgehead atoms. The van der Waals surface area contributed by atoms with Crippen LogP contribution in [0.1, 0.15) is 30.1 Å². The maximum atomic E-state index is 12.5. The Morgan fingerprint density at radius 2 is 2.04 bits per heavy atom. The Labute approximate surface area is 145 Å². The number of fused-ring (bicyclic) bond motifs is 1. The minimum absolute atomic E-state index is 0.180. The van der Waals surface area contributed by atoms with Crippen LogP contribution in [0.3, 0.4) is 0 Å². The zero-order valence-electron chi connectivity index (χ0n) is 14.0. The van der Waals surface area contributed by atoms with Crippen LogP contribution in [-0.2, 0) is 22.7 Å². The van der Waals surface area contributed by atoms with Gasteiger partial charge in [-0.25, -0.2) is 4.79 Å². The second-order valence-corrected chi connectivity index (χ2v) is 6.00. The number of amides is 1. The Morgan fingerprint density at radius 1 is 1.28 bits per heavy atom. The lowest BCUT2D eigenvalue weighted by Gasteiger charge is -2.33. The van der Waals surface area contributed by atoms with Crippen molar-refractivity contribution in [3.8, 4) is 0 Å². The fraction of sp³-hybridized carbons (Fsp3) is 0.333. The summed E-state index contributed by atoms with van der Waals surface area (Å²) >= 11 is 0. The molecule has 1 atom stereocenters. The molecule has 1 amide bonds. The van der Waals surface area contributed by atoms with Gasteiger partial charge in [-0.15, -0.1) is 10.2 Å². The largest absolute Gasteiger partial charge is 0.480 e. The standard InChI is InChI=1S/C18H20N4O3/c1-13-19-20-16-12-22(15(18(24)25)11-21(13)16)17(23)10-6-5-9-14-7-3-2-4-8-14/h2-5,7-9,15H,6,10-12H2,1H3,(H,24,25)/b9-5+. The van der Waals surface area contributed by atoms with Crippen LogP contribution in [0.15, 0.2) is 36.4 Å². The average Bonchev–Trinajstić information content (AvgIpc) is 2.98. The maximum absolute atomic E-state index is 12.5. The number of aryl methyl sites for hydroxylation is 1. The summed E-state index contributed by atoms with van der Waals surface area (Å²) in [6.45, 7) is 2.15. The van der Waals surface area contributed by atoms with E-state index in [2.05, 4.69) is 10.2 Å². The zero-order chi connectivity index (χ0) is 17.8. The van der Waals surface area contributed by atoms with Gasteiger partial charge in [0, 0.05) is 6.42 Å². The van der Waals surface area contributed by atoms with Crippen LogP contribution in [0.2, 0.25) is 0 Å². The van der Waals surface area contributed by atoms with E-state index in [0.29, 0.717) is 18.1 Å². The van der Waals surface area contributed by atoms with Crippen LogP contribution < -0.4 is 0 Å². The van der Waals surface area contributed by atoms with Gasteiger partial charge in [0.25, 0.3) is 0 Å². The third-order valence-corrected chi connectivity index (χ3v) is 4.30. The zero-order valence-corrected chi connectivity index (χ0v) is 14.0. The van der Waals surface area contributed by atoms with Crippen LogP contribution >= 0.6 is 0 Å². The molecule has 0 saturated carbocycles. The molecule has 0 aliphatic carbocycles. The topological polar surface area (TPSA) is 88.3 Å². The highest BCUT2D eigenvalue weighted by molar-refractivity contribution is 5.84. The molecule has 0 fully saturated rings. The molecule has 1 aliphatic heterocycles. The number of aromatic nitrogens is 3. The lowest BCUT2D eigenvalue weighted by molar-refractivity contribution is -0.152. The highest BCUT2D eigenvalue weighted by Gasteiger charge is 2.35. The van der Waals surface area contributed by atoms with Crippen molar-refractivity contribution in [2.24, 2.45) is 0 Å². The van der Waals surface area contributed by atoms with E-state index in [1.165, 1.54) is 4.90 Å². The maximum Gasteiger partial charge on any atom is 0.328 e. The molecule has 1 aliphatic rings. The molecule has 7 nitrogen and oxygen atoms in total. The SMILES string of the molecule is Cc1nnc2n1CC(C(=O)O)N(C(=O)CC/C=C/c1ccccc1)C2. The number of benzene rings is 1. The van der Waals surface area contributed by atoms with Crippen LogP contribution in [0.4, 0.5) is 0 Å². The molecule has 3 rings (SSSR count). The van der Waals surface area contributed by atoms with E-state index in [9.17, 15) is 14.7 Å². The van der Waals surface area contributed by atoms with Crippen molar-refractivity contribution in [1.82, 2.24) is 19.7 Å². The van der Waals surface area contributed by atoms with Crippen molar-refractivity contribution >= 4 is 18.0 Å². The van der Waals surface area contributed by atoms with Gasteiger partial charge in [0.1, 0.15) is 11.9 Å². The number of hydrogen-bond donors (Lipinski definition) is 1. The quantitative estimate of drug-likeness (QED) is 0.898. The van der Waals surface area contributed by atoms with Gasteiger partial charge >= 0.3 is 5.97 Å². The summed E-state index contributed by atoms with van der Waals surface area (Å²) in [6, 6.07) is 8.94. The minimum atomic E-state index is -1.01. The highest BCUT2D eigenvalue weighted by Crippen LogP contribution is 2.19. The lowest BCUT2D eigenvalue weighted by Crippen LogP contribution is -2.50. The number of carboxylic acids is 1. The number of aliphatic carboxylic acids is 1. The number of carbonyl (C=O) groups excluding carboxylic acids is 1. The smallest absolute Gasteiger partial charge is 0.328 e. The summed E-state index contributed by atoms with van der Waals surface area (Å²) < 4.78 is 1.76. The van der Waals surface area contributed by atoms with Crippen LogP contribution in [-0.4, -0.2) is 42.7 Å². The fourth-order valence-electron chi connectivity index (χ4n) is 2.92. The number of carboxylic acid groups (broad SMARTS) is 1. The van der Waals surface area contributed by atoms with Crippen molar-refractivity contribution < 1.29 is 14.7 Å². The predicted molar refractivity (Wildman–Crippen MR) is 91.4 cm³/mol. The molecule has 1 aromatic heterocycles. The normalized spacial score (nSPS) is 16.8. The second kappa shape index (κ2) is 7.29. The highest BCUT2D eigenvalue weighted by atomic mass is 16.4. The van der Waals surface area contributed by atoms with Gasteiger partial charge in [0.2, 0.25) is 5.91 Å². The third kappa shape index (κ3) is 3.76. The van der Waals surface area contributed by atoms with Crippen LogP contribution in [0, 0.1) is 6.92 Å². The van der Waals surface area contributed by atoms with Gasteiger partial charge in [-0.3, -0.25) is 4.79 Å². The molecular formula is C18H20N4O3. The van der Waals surface area contributed by atoms with Crippen molar-refractivity contribution in [1.29, 1.82) is 0 Å². The van der Waals surface area contributed by atoms with Crippen molar-refractivity contribution in [3.05, 3.63) is 53.6 Å². The van der Waals surface area contributed by atoms with Crippen molar-refractivity contribution in [2.45, 2.75) is 38.9 Å². The van der Waals surface area contributed by atoms with Crippen molar-refractivity contribution in [3.63, 3.8) is 0 Å². The fourth-order valence-corrected chi connectivity index (χ4v) is 2.92. The Morgan fingerprint density at radius 3 is 2.76 bits per heavy atom. The van der Waals surface area contributed by atoms with E-state index >= 15 is 0 Å². The molecule has 0 radical (unpaired) electrons. The van der Waals surface area contributed by atoms with Crippen LogP contribution in [0.25, 0.3) is 6.08 Å². The first kappa shape index (κ1) is 16.9. The molecule has 2 aromatic rings. The van der Waals surface area contributed by atoms with Crippen LogP contribution in [0.5, 0.6) is 0 Å². The first-order chi connectivity index (χ1) is 12.1. The molecule has 1 N–H and O–H groups in total. The average molecular weight is 340 g/mol. The second-order valence-electron chi connectivity index (χ2n) is 6.00. The van der Waals surface area contributed by atoms with Gasteiger partial charge in [-0.2, -0.15) is 0 Å². The van der Waals surface area contributed by atoms with Gasteiger partial charge < -0.3 is 14.6 Å². The summed E-state index contributed by atoms with van der Waals surface area (Å²) in [5, 5.41) is 17.5. The summed E-state index contributed by atoms with van der Waals surface area (Å²) in [5.41, 5.74) is 1.07. The van der Waals surface area contributed by atoms with E-state index in [1.807, 2.05) is 42.5 Å². The summed E-state index contributed by atoms with van der Waals surface area (Å²) in [5.74, 6) is 0.103. The molecular weight excluding hydrogens is 320 g/mol. The molecule has 1 aromatic carbocycles. The minimum Gasteiger partial charge on any atom is -0.480 e. The molecule has 130 valence electrons. The summed E-state index contributed by atoms with van der Waals surface area (Å²) in [7, 11) is 0. The Bertz CT molecular complexity index is 798. The third-order valence-electron chi connectivity index (χ3n) is 4.30. The number of nitrogens with zero attached hydrogens (tertiary/aromatic N) is 4. The first-order valence-corrected chi connectivity index (χ1v) is 8.19. The number of hydrogen-bond acceptors (Lipinski definition) is 4. The van der Waals surface area contributed by atoms with E-state index < -0.39 is 12.0 Å². The summed E-state index contributed by atoms with van der Waals surface area (Å²) in [4.78, 5) is 25.5. The molecule has 1 unspecified atom stereocenters. The van der Waals surface area contributed by atoms with E-state index in [4.69, 9.17) is 0 Å². The Hall–Kier alpha value is -2.96. The lowest BCUT2D eigenvalue weighted by atomic mass is 10.1. The van der Waals surface area contributed by atoms with Gasteiger partial charge in [0.15, 0.2) is 5.82 Å². The van der Waals surface area contributed by atoms with Gasteiger partial charge in [-0.05, 0) is 18.9 Å². The number of carbonyl (C=O) groups is 2. The van der Waals surface area contributed by atoms with E-state index in [1.54, 1.807) is 11.5 Å². The number of allylic oxidation sites excluding steroid dienone is 1. The Balaban J connectivity index is 1.64.